The van der Waals surface area contributed by atoms with Crippen molar-refractivity contribution in [3.05, 3.63) is 47.5 Å². The predicted octanol–water partition coefficient (Wildman–Crippen LogP) is 2.81. The van der Waals surface area contributed by atoms with Crippen LogP contribution in [-0.4, -0.2) is 97.5 Å². The lowest BCUT2D eigenvalue weighted by molar-refractivity contribution is -0.183. The lowest BCUT2D eigenvalue weighted by Crippen LogP contribution is -2.62. The first kappa shape index (κ1) is 35.1. The summed E-state index contributed by atoms with van der Waals surface area (Å²) in [5.41, 5.74) is 3.77. The maximum Gasteiger partial charge on any atom is 0.251 e. The number of aliphatic hydroxyl groups excluding tert-OH is 3. The highest BCUT2D eigenvalue weighted by atomic mass is 16.7. The molecule has 2 aromatic carbocycles. The van der Waals surface area contributed by atoms with Crippen molar-refractivity contribution >= 4 is 17.5 Å². The van der Waals surface area contributed by atoms with Gasteiger partial charge in [0.25, 0.3) is 5.91 Å². The number of rotatable bonds is 12. The molecule has 5 N–H and O–H groups in total. The van der Waals surface area contributed by atoms with Crippen LogP contribution in [0.25, 0.3) is 11.1 Å². The molecule has 2 bridgehead atoms. The summed E-state index contributed by atoms with van der Waals surface area (Å²) in [6.45, 7) is 8.31. The molecule has 2 aromatic rings. The fourth-order valence-electron chi connectivity index (χ4n) is 8.26. The lowest BCUT2D eigenvalue weighted by Gasteiger charge is -2.62. The van der Waals surface area contributed by atoms with Crippen molar-refractivity contribution in [2.24, 2.45) is 29.1 Å². The number of anilines is 1. The summed E-state index contributed by atoms with van der Waals surface area (Å²) in [5.74, 6) is 0.856. The van der Waals surface area contributed by atoms with Gasteiger partial charge in [0, 0.05) is 55.0 Å². The largest absolute Gasteiger partial charge is 0.496 e. The molecule has 3 aliphatic carbocycles. The number of amides is 2. The molecule has 1 aliphatic heterocycles. The van der Waals surface area contributed by atoms with Gasteiger partial charge < -0.3 is 35.6 Å². The minimum atomic E-state index is -0.901. The first-order chi connectivity index (χ1) is 22.3. The minimum Gasteiger partial charge on any atom is -0.496 e. The first-order valence-corrected chi connectivity index (χ1v) is 16.7. The molecule has 0 unspecified atom stereocenters. The average Bonchev–Trinajstić information content (AvgIpc) is 3.42. The van der Waals surface area contributed by atoms with E-state index in [-0.39, 0.29) is 49.6 Å². The molecule has 4 fully saturated rings. The molecule has 11 heteroatoms. The van der Waals surface area contributed by atoms with Crippen LogP contribution in [0.5, 0.6) is 5.75 Å². The number of hydroxylamine groups is 2. The van der Waals surface area contributed by atoms with Crippen LogP contribution < -0.4 is 20.3 Å². The molecule has 0 radical (unpaired) electrons. The van der Waals surface area contributed by atoms with Crippen LogP contribution in [0.1, 0.15) is 56.5 Å². The third kappa shape index (κ3) is 6.73. The van der Waals surface area contributed by atoms with E-state index in [1.165, 1.54) is 6.42 Å². The minimum absolute atomic E-state index is 0.0366. The van der Waals surface area contributed by atoms with Crippen LogP contribution in [0.3, 0.4) is 0 Å². The zero-order valence-corrected chi connectivity index (χ0v) is 28.7. The van der Waals surface area contributed by atoms with E-state index < -0.39 is 24.2 Å². The smallest absolute Gasteiger partial charge is 0.251 e. The summed E-state index contributed by atoms with van der Waals surface area (Å²) in [6, 6.07) is 10.4. The number of methoxy groups -OCH3 is 1. The molecule has 3 saturated carbocycles. The quantitative estimate of drug-likeness (QED) is 0.234. The molecule has 0 spiro atoms. The Hall–Kier alpha value is -3.22. The normalized spacial score (nSPS) is 28.7. The van der Waals surface area contributed by atoms with E-state index in [1.54, 1.807) is 31.2 Å². The Bertz CT molecular complexity index is 1450. The van der Waals surface area contributed by atoms with E-state index >= 15 is 0 Å². The summed E-state index contributed by atoms with van der Waals surface area (Å²) in [4.78, 5) is 35.1. The van der Waals surface area contributed by atoms with Crippen molar-refractivity contribution in [1.29, 1.82) is 0 Å². The monoisotopic (exact) mass is 652 g/mol. The number of hydrogen-bond donors (Lipinski definition) is 5. The van der Waals surface area contributed by atoms with Gasteiger partial charge in [0.15, 0.2) is 0 Å². The predicted molar refractivity (Wildman–Crippen MR) is 180 cm³/mol. The lowest BCUT2D eigenvalue weighted by atomic mass is 9.45. The number of para-hydroxylation sites is 1. The second kappa shape index (κ2) is 14.1. The molecule has 1 heterocycles. The van der Waals surface area contributed by atoms with Crippen LogP contribution in [0, 0.1) is 29.1 Å². The molecular weight excluding hydrogens is 600 g/mol. The van der Waals surface area contributed by atoms with Crippen LogP contribution in [0.15, 0.2) is 36.4 Å². The average molecular weight is 653 g/mol. The van der Waals surface area contributed by atoms with Gasteiger partial charge in [0.1, 0.15) is 17.9 Å². The summed E-state index contributed by atoms with van der Waals surface area (Å²) >= 11 is 0. The van der Waals surface area contributed by atoms with Crippen molar-refractivity contribution < 1.29 is 34.5 Å². The summed E-state index contributed by atoms with van der Waals surface area (Å²) in [6.07, 6.45) is 0.466. The molecule has 1 saturated heterocycles. The number of aliphatic hydroxyl groups is 3. The number of hydrogen-bond acceptors (Lipinski definition) is 9. The number of nitrogens with one attached hydrogen (secondary N) is 2. The van der Waals surface area contributed by atoms with Gasteiger partial charge in [-0.25, -0.2) is 0 Å². The van der Waals surface area contributed by atoms with E-state index in [2.05, 4.69) is 31.4 Å². The third-order valence-electron chi connectivity index (χ3n) is 11.1. The van der Waals surface area contributed by atoms with Crippen LogP contribution in [-0.2, 0) is 16.2 Å². The molecule has 47 heavy (non-hydrogen) atoms. The van der Waals surface area contributed by atoms with Gasteiger partial charge in [-0.15, -0.1) is 0 Å². The van der Waals surface area contributed by atoms with Gasteiger partial charge in [0.2, 0.25) is 5.91 Å². The van der Waals surface area contributed by atoms with Crippen molar-refractivity contribution in [3.63, 3.8) is 0 Å². The highest BCUT2D eigenvalue weighted by Crippen LogP contribution is 2.61. The maximum absolute atomic E-state index is 14.1. The van der Waals surface area contributed by atoms with E-state index in [0.717, 1.165) is 28.8 Å². The number of nitrogens with zero attached hydrogens (tertiary/aromatic N) is 2. The van der Waals surface area contributed by atoms with Crippen molar-refractivity contribution in [3.8, 4) is 16.9 Å². The Morgan fingerprint density at radius 3 is 2.51 bits per heavy atom. The second-order valence-electron chi connectivity index (χ2n) is 14.4. The summed E-state index contributed by atoms with van der Waals surface area (Å²) in [5, 5.41) is 37.9. The van der Waals surface area contributed by atoms with Crippen molar-refractivity contribution in [2.45, 2.75) is 71.4 Å². The molecule has 4 aliphatic rings. The zero-order chi connectivity index (χ0) is 34.2. The Morgan fingerprint density at radius 1 is 1.17 bits per heavy atom. The van der Waals surface area contributed by atoms with E-state index in [0.29, 0.717) is 29.1 Å². The molecule has 2 amide bonds. The first-order valence-electron chi connectivity index (χ1n) is 16.7. The number of carbonyl (C=O) groups excluding carboxylic acids is 2. The highest BCUT2D eigenvalue weighted by molar-refractivity contribution is 5.97. The standard InChI is InChI=1S/C36H52N4O7/c1-20-28-16-25(36(28,3)4)17-29(20)38-35(45)32-31(21(2)43)30(19-42)47-40(32)18-22-9-8-10-27(33(22)46-7)23-13-24(34(44)37-11-12-41)15-26(14-23)39(5)6/h8-10,13-15,20-21,25,28-32,41-43H,11-12,16-19H2,1-7H3,(H,37,44)(H,38,45)/t20-,21-,25-,28-,29-,30-,31-,32-/m0/s1. The van der Waals surface area contributed by atoms with Gasteiger partial charge in [-0.1, -0.05) is 39.0 Å². The molecule has 11 nitrogen and oxygen atoms in total. The van der Waals surface area contributed by atoms with Gasteiger partial charge in [-0.2, -0.15) is 5.06 Å². The third-order valence-corrected chi connectivity index (χ3v) is 11.1. The van der Waals surface area contributed by atoms with Crippen LogP contribution in [0.4, 0.5) is 5.69 Å². The van der Waals surface area contributed by atoms with Crippen molar-refractivity contribution in [2.75, 3.05) is 45.9 Å². The molecule has 258 valence electrons. The Balaban J connectivity index is 1.46. The SMILES string of the molecule is COc1c(CN2O[C@@H](CO)[C@H]([C@H](C)O)[C@H]2C(=O)N[C@H]2C[C@@H]3C[C@@H]([C@@H]2C)C3(C)C)cccc1-c1cc(C(=O)NCCO)cc(N(C)C)c1. The summed E-state index contributed by atoms with van der Waals surface area (Å²) < 4.78 is 5.97. The number of carbonyl (C=O) groups is 2. The second-order valence-corrected chi connectivity index (χ2v) is 14.4. The van der Waals surface area contributed by atoms with Crippen molar-refractivity contribution in [1.82, 2.24) is 15.7 Å². The molecule has 8 atom stereocenters. The van der Waals surface area contributed by atoms with E-state index in [4.69, 9.17) is 9.57 Å². The number of ether oxygens (including phenoxy) is 1. The van der Waals surface area contributed by atoms with Gasteiger partial charge in [-0.05, 0) is 66.7 Å². The number of benzene rings is 2. The van der Waals surface area contributed by atoms with Gasteiger partial charge >= 0.3 is 0 Å². The van der Waals surface area contributed by atoms with Crippen LogP contribution in [0.2, 0.25) is 0 Å². The molecular formula is C36H52N4O7. The summed E-state index contributed by atoms with van der Waals surface area (Å²) in [7, 11) is 5.37. The Labute approximate surface area is 278 Å². The number of fused-ring (bicyclic) bond motifs is 2. The van der Waals surface area contributed by atoms with Gasteiger partial charge in [-0.3, -0.25) is 14.4 Å². The Morgan fingerprint density at radius 2 is 1.91 bits per heavy atom. The van der Waals surface area contributed by atoms with Crippen LogP contribution >= 0.6 is 0 Å². The van der Waals surface area contributed by atoms with E-state index in [9.17, 15) is 24.9 Å². The fraction of sp³-hybridized carbons (Fsp3) is 0.611. The highest BCUT2D eigenvalue weighted by Gasteiger charge is 2.57. The molecule has 0 aromatic heterocycles. The Kier molecular flexibility index (Phi) is 10.5. The van der Waals surface area contributed by atoms with Gasteiger partial charge in [0.05, 0.1) is 33.0 Å². The fourth-order valence-corrected chi connectivity index (χ4v) is 8.26. The topological polar surface area (TPSA) is 144 Å². The maximum atomic E-state index is 14.1. The zero-order valence-electron chi connectivity index (χ0n) is 28.7. The van der Waals surface area contributed by atoms with E-state index in [1.807, 2.05) is 43.3 Å². The molecule has 6 rings (SSSR count).